The van der Waals surface area contributed by atoms with E-state index in [1.807, 2.05) is 60.7 Å². The van der Waals surface area contributed by atoms with Gasteiger partial charge in [-0.05, 0) is 53.2 Å². The van der Waals surface area contributed by atoms with E-state index in [2.05, 4.69) is 29.4 Å². The van der Waals surface area contributed by atoms with Crippen LogP contribution in [0.15, 0.2) is 76.6 Å². The summed E-state index contributed by atoms with van der Waals surface area (Å²) in [7, 11) is 0. The molecule has 0 atom stereocenters. The first-order valence-electron chi connectivity index (χ1n) is 9.24. The largest absolute Gasteiger partial charge is 0.493 e. The third-order valence-electron chi connectivity index (χ3n) is 4.31. The lowest BCUT2D eigenvalue weighted by atomic mass is 10.0. The predicted octanol–water partition coefficient (Wildman–Crippen LogP) is 5.52. The summed E-state index contributed by atoms with van der Waals surface area (Å²) in [6.45, 7) is 2.71. The minimum Gasteiger partial charge on any atom is -0.493 e. The Bertz CT molecular complexity index is 1070. The van der Waals surface area contributed by atoms with Crippen molar-refractivity contribution < 1.29 is 9.53 Å². The number of carbonyl (C=O) groups is 1. The molecule has 140 valence electrons. The summed E-state index contributed by atoms with van der Waals surface area (Å²) < 4.78 is 5.95. The van der Waals surface area contributed by atoms with Gasteiger partial charge < -0.3 is 10.1 Å². The molecule has 3 aromatic rings. The maximum Gasteiger partial charge on any atom is 0.264 e. The summed E-state index contributed by atoms with van der Waals surface area (Å²) in [5, 5.41) is 5.60. The third-order valence-corrected chi connectivity index (χ3v) is 5.22. The molecule has 1 fully saturated rings. The van der Waals surface area contributed by atoms with Gasteiger partial charge in [-0.1, -0.05) is 55.5 Å². The van der Waals surface area contributed by atoms with E-state index in [4.69, 9.17) is 4.74 Å². The Morgan fingerprint density at radius 1 is 1.04 bits per heavy atom. The molecule has 1 aliphatic heterocycles. The van der Waals surface area contributed by atoms with Crippen molar-refractivity contribution >= 4 is 45.4 Å². The average Bonchev–Trinajstić information content (AvgIpc) is 3.07. The monoisotopic (exact) mass is 388 g/mol. The van der Waals surface area contributed by atoms with E-state index >= 15 is 0 Å². The van der Waals surface area contributed by atoms with Crippen molar-refractivity contribution in [3.8, 4) is 5.75 Å². The van der Waals surface area contributed by atoms with Crippen molar-refractivity contribution in [3.05, 3.63) is 77.2 Å². The van der Waals surface area contributed by atoms with Gasteiger partial charge in [0, 0.05) is 5.56 Å². The van der Waals surface area contributed by atoms with Gasteiger partial charge in [0.1, 0.15) is 5.75 Å². The van der Waals surface area contributed by atoms with Gasteiger partial charge in [0.25, 0.3) is 5.91 Å². The van der Waals surface area contributed by atoms with E-state index in [1.165, 1.54) is 11.8 Å². The van der Waals surface area contributed by atoms with Crippen LogP contribution >= 0.6 is 11.8 Å². The van der Waals surface area contributed by atoms with Crippen molar-refractivity contribution in [1.29, 1.82) is 0 Å². The Morgan fingerprint density at radius 3 is 2.64 bits per heavy atom. The van der Waals surface area contributed by atoms with Crippen LogP contribution < -0.4 is 10.1 Å². The summed E-state index contributed by atoms with van der Waals surface area (Å²) in [5.74, 6) is 0.643. The van der Waals surface area contributed by atoms with Gasteiger partial charge in [0.15, 0.2) is 5.17 Å². The Hall–Kier alpha value is -3.05. The molecule has 1 N–H and O–H groups in total. The third kappa shape index (κ3) is 3.94. The van der Waals surface area contributed by atoms with Crippen molar-refractivity contribution in [2.45, 2.75) is 13.3 Å². The molecule has 0 unspecified atom stereocenters. The number of hydrogen-bond acceptors (Lipinski definition) is 4. The molecule has 28 heavy (non-hydrogen) atoms. The molecule has 3 aromatic carbocycles. The topological polar surface area (TPSA) is 50.7 Å². The van der Waals surface area contributed by atoms with Crippen LogP contribution in [-0.2, 0) is 4.79 Å². The lowest BCUT2D eigenvalue weighted by Crippen LogP contribution is -2.19. The maximum atomic E-state index is 12.5. The molecule has 5 heteroatoms. The minimum atomic E-state index is -0.144. The van der Waals surface area contributed by atoms with Crippen LogP contribution in [0.5, 0.6) is 5.75 Å². The summed E-state index contributed by atoms with van der Waals surface area (Å²) in [6, 6.07) is 21.7. The molecular weight excluding hydrogens is 368 g/mol. The molecule has 0 saturated carbocycles. The molecule has 0 aromatic heterocycles. The number of thioether (sulfide) groups is 1. The number of ether oxygens (including phenoxy) is 1. The van der Waals surface area contributed by atoms with E-state index in [1.54, 1.807) is 0 Å². The van der Waals surface area contributed by atoms with Crippen LogP contribution in [0.25, 0.3) is 16.8 Å². The number of nitrogens with zero attached hydrogens (tertiary/aromatic N) is 1. The Morgan fingerprint density at radius 2 is 1.82 bits per heavy atom. The van der Waals surface area contributed by atoms with E-state index in [0.29, 0.717) is 16.7 Å². The lowest BCUT2D eigenvalue weighted by Gasteiger charge is -2.11. The van der Waals surface area contributed by atoms with Gasteiger partial charge in [0.2, 0.25) is 0 Å². The van der Waals surface area contributed by atoms with Crippen molar-refractivity contribution in [3.63, 3.8) is 0 Å². The highest BCUT2D eigenvalue weighted by atomic mass is 32.2. The fourth-order valence-electron chi connectivity index (χ4n) is 2.99. The molecule has 1 heterocycles. The fraction of sp³-hybridized carbons (Fsp3) is 0.130. The lowest BCUT2D eigenvalue weighted by molar-refractivity contribution is -0.115. The Kier molecular flexibility index (Phi) is 5.44. The summed E-state index contributed by atoms with van der Waals surface area (Å²) in [4.78, 5) is 17.6. The molecule has 1 aliphatic rings. The minimum absolute atomic E-state index is 0.144. The molecule has 0 spiro atoms. The second-order valence-electron chi connectivity index (χ2n) is 6.36. The van der Waals surface area contributed by atoms with Gasteiger partial charge >= 0.3 is 0 Å². The van der Waals surface area contributed by atoms with Crippen LogP contribution in [0.2, 0.25) is 0 Å². The van der Waals surface area contributed by atoms with Crippen LogP contribution in [0.3, 0.4) is 0 Å². The molecule has 4 nitrogen and oxygen atoms in total. The highest BCUT2D eigenvalue weighted by molar-refractivity contribution is 8.18. The van der Waals surface area contributed by atoms with Gasteiger partial charge in [-0.2, -0.15) is 0 Å². The smallest absolute Gasteiger partial charge is 0.264 e. The summed E-state index contributed by atoms with van der Waals surface area (Å²) >= 11 is 1.34. The Balaban J connectivity index is 1.72. The highest BCUT2D eigenvalue weighted by Crippen LogP contribution is 2.34. The first-order chi connectivity index (χ1) is 13.7. The molecular formula is C23H20N2O2S. The predicted molar refractivity (Wildman–Crippen MR) is 117 cm³/mol. The van der Waals surface area contributed by atoms with E-state index in [0.717, 1.165) is 34.2 Å². The molecule has 1 amide bonds. The van der Waals surface area contributed by atoms with Crippen molar-refractivity contribution in [2.75, 3.05) is 6.61 Å². The first-order valence-corrected chi connectivity index (χ1v) is 10.1. The quantitative estimate of drug-likeness (QED) is 0.586. The van der Waals surface area contributed by atoms with Crippen LogP contribution in [0.1, 0.15) is 18.9 Å². The molecule has 4 rings (SSSR count). The number of amides is 1. The van der Waals surface area contributed by atoms with Gasteiger partial charge in [-0.25, -0.2) is 4.99 Å². The number of rotatable bonds is 5. The summed E-state index contributed by atoms with van der Waals surface area (Å²) in [6.07, 6.45) is 2.83. The zero-order valence-corrected chi connectivity index (χ0v) is 16.3. The number of fused-ring (bicyclic) bond motifs is 1. The number of benzene rings is 3. The van der Waals surface area contributed by atoms with Crippen LogP contribution in [0.4, 0.5) is 5.69 Å². The molecule has 0 radical (unpaired) electrons. The zero-order valence-electron chi connectivity index (χ0n) is 15.5. The second-order valence-corrected chi connectivity index (χ2v) is 7.39. The highest BCUT2D eigenvalue weighted by Gasteiger charge is 2.24. The number of para-hydroxylation sites is 1. The van der Waals surface area contributed by atoms with Gasteiger partial charge in [0.05, 0.1) is 17.2 Å². The van der Waals surface area contributed by atoms with E-state index < -0.39 is 0 Å². The molecule has 0 aliphatic carbocycles. The normalized spacial score (nSPS) is 16.7. The SMILES string of the molecule is CCCOc1ccc2ccccc2c1/C=C1\SC(=Nc2ccccc2)NC1=O. The number of amidine groups is 1. The summed E-state index contributed by atoms with van der Waals surface area (Å²) in [5.41, 5.74) is 1.73. The standard InChI is InChI=1S/C23H20N2O2S/c1-2-14-27-20-13-12-16-8-6-7-11-18(16)19(20)15-21-22(26)25-23(28-21)24-17-9-4-3-5-10-17/h3-13,15H,2,14H2,1H3,(H,24,25,26)/b21-15-. The molecule has 1 saturated heterocycles. The average molecular weight is 388 g/mol. The Labute approximate surface area is 168 Å². The van der Waals surface area contributed by atoms with Crippen molar-refractivity contribution in [1.82, 2.24) is 5.32 Å². The van der Waals surface area contributed by atoms with Crippen LogP contribution in [0, 0.1) is 0 Å². The second kappa shape index (κ2) is 8.31. The van der Waals surface area contributed by atoms with Gasteiger partial charge in [-0.15, -0.1) is 0 Å². The number of aliphatic imine (C=N–C) groups is 1. The van der Waals surface area contributed by atoms with Gasteiger partial charge in [-0.3, -0.25) is 4.79 Å². The molecule has 0 bridgehead atoms. The first kappa shape index (κ1) is 18.3. The number of nitrogens with one attached hydrogen (secondary N) is 1. The zero-order chi connectivity index (χ0) is 19.3. The van der Waals surface area contributed by atoms with E-state index in [9.17, 15) is 4.79 Å². The van der Waals surface area contributed by atoms with Crippen molar-refractivity contribution in [2.24, 2.45) is 4.99 Å². The fourth-order valence-corrected chi connectivity index (χ4v) is 3.82. The number of carbonyl (C=O) groups excluding carboxylic acids is 1. The van der Waals surface area contributed by atoms with E-state index in [-0.39, 0.29) is 5.91 Å². The van der Waals surface area contributed by atoms with Crippen LogP contribution in [-0.4, -0.2) is 17.7 Å². The maximum absolute atomic E-state index is 12.5. The number of hydrogen-bond donors (Lipinski definition) is 1.